The van der Waals surface area contributed by atoms with Gasteiger partial charge in [0.2, 0.25) is 4.73 Å². The van der Waals surface area contributed by atoms with Crippen molar-refractivity contribution in [1.82, 2.24) is 14.8 Å². The maximum absolute atomic E-state index is 5.40. The van der Waals surface area contributed by atoms with Gasteiger partial charge in [-0.15, -0.1) is 5.10 Å². The Morgan fingerprint density at radius 1 is 1.27 bits per heavy atom. The Labute approximate surface area is 105 Å². The van der Waals surface area contributed by atoms with Gasteiger partial charge in [-0.05, 0) is 45.7 Å². The van der Waals surface area contributed by atoms with Crippen LogP contribution in [0.2, 0.25) is 0 Å². The minimum Gasteiger partial charge on any atom is -0.351 e. The quantitative estimate of drug-likeness (QED) is 0.744. The van der Waals surface area contributed by atoms with Gasteiger partial charge in [0.05, 0.1) is 6.54 Å². The Morgan fingerprint density at radius 2 is 1.87 bits per heavy atom. The van der Waals surface area contributed by atoms with E-state index in [4.69, 9.17) is 9.47 Å². The Hall–Kier alpha value is 0.0200. The highest BCUT2D eigenvalue weighted by atomic mass is 79.9. The summed E-state index contributed by atoms with van der Waals surface area (Å²) in [6.07, 6.45) is -0.287. The van der Waals surface area contributed by atoms with Gasteiger partial charge in [0.15, 0.2) is 11.0 Å². The molecule has 7 heteroatoms. The number of aromatic nitrogens is 3. The van der Waals surface area contributed by atoms with Crippen molar-refractivity contribution in [2.45, 2.75) is 26.7 Å². The first kappa shape index (κ1) is 13.1. The van der Waals surface area contributed by atoms with E-state index in [2.05, 4.69) is 41.9 Å². The number of halogens is 2. The predicted molar refractivity (Wildman–Crippen MR) is 62.5 cm³/mol. The maximum Gasteiger partial charge on any atom is 0.218 e. The molecular weight excluding hydrogens is 330 g/mol. The second kappa shape index (κ2) is 6.57. The molecule has 0 aliphatic heterocycles. The van der Waals surface area contributed by atoms with Crippen LogP contribution < -0.4 is 0 Å². The Bertz CT molecular complexity index is 300. The normalized spacial score (nSPS) is 11.3. The summed E-state index contributed by atoms with van der Waals surface area (Å²) in [7, 11) is 0. The molecule has 86 valence electrons. The first-order valence-electron chi connectivity index (χ1n) is 4.66. The van der Waals surface area contributed by atoms with Crippen molar-refractivity contribution in [1.29, 1.82) is 0 Å². The molecule has 0 amide bonds. The van der Waals surface area contributed by atoms with Gasteiger partial charge in [0, 0.05) is 13.2 Å². The SMILES string of the molecule is CCOC(Cn1nc(Br)nc1Br)OCC. The van der Waals surface area contributed by atoms with Gasteiger partial charge >= 0.3 is 0 Å². The second-order valence-electron chi connectivity index (χ2n) is 2.67. The van der Waals surface area contributed by atoms with Crippen LogP contribution in [0.1, 0.15) is 13.8 Å². The molecule has 0 spiro atoms. The summed E-state index contributed by atoms with van der Waals surface area (Å²) >= 11 is 6.49. The topological polar surface area (TPSA) is 49.2 Å². The first-order valence-corrected chi connectivity index (χ1v) is 6.25. The molecule has 5 nitrogen and oxygen atoms in total. The standard InChI is InChI=1S/C8H13Br2N3O2/c1-3-14-6(15-4-2)5-13-8(10)11-7(9)12-13/h6H,3-5H2,1-2H3. The highest BCUT2D eigenvalue weighted by molar-refractivity contribution is 9.11. The molecule has 0 aliphatic rings. The highest BCUT2D eigenvalue weighted by Gasteiger charge is 2.13. The number of rotatable bonds is 6. The monoisotopic (exact) mass is 341 g/mol. The summed E-state index contributed by atoms with van der Waals surface area (Å²) in [4.78, 5) is 4.06. The summed E-state index contributed by atoms with van der Waals surface area (Å²) < 4.78 is 13.7. The van der Waals surface area contributed by atoms with Crippen molar-refractivity contribution in [2.24, 2.45) is 0 Å². The van der Waals surface area contributed by atoms with Crippen LogP contribution in [-0.4, -0.2) is 34.3 Å². The minimum absolute atomic E-state index is 0.287. The van der Waals surface area contributed by atoms with E-state index in [1.807, 2.05) is 13.8 Å². The third kappa shape index (κ3) is 4.18. The van der Waals surface area contributed by atoms with Gasteiger partial charge in [-0.2, -0.15) is 4.98 Å². The molecular formula is C8H13Br2N3O2. The van der Waals surface area contributed by atoms with E-state index in [-0.39, 0.29) is 6.29 Å². The number of nitrogens with zero attached hydrogens (tertiary/aromatic N) is 3. The van der Waals surface area contributed by atoms with Crippen LogP contribution in [0.4, 0.5) is 0 Å². The Kier molecular flexibility index (Phi) is 5.73. The lowest BCUT2D eigenvalue weighted by molar-refractivity contribution is -0.145. The smallest absolute Gasteiger partial charge is 0.218 e. The van der Waals surface area contributed by atoms with Gasteiger partial charge in [0.1, 0.15) is 0 Å². The Morgan fingerprint density at radius 3 is 2.27 bits per heavy atom. The van der Waals surface area contributed by atoms with E-state index in [1.165, 1.54) is 0 Å². The lowest BCUT2D eigenvalue weighted by Crippen LogP contribution is -2.24. The largest absolute Gasteiger partial charge is 0.351 e. The van der Waals surface area contributed by atoms with Crippen molar-refractivity contribution in [3.63, 3.8) is 0 Å². The average molecular weight is 343 g/mol. The van der Waals surface area contributed by atoms with E-state index in [0.717, 1.165) is 0 Å². The fourth-order valence-corrected chi connectivity index (χ4v) is 2.07. The van der Waals surface area contributed by atoms with Crippen molar-refractivity contribution < 1.29 is 9.47 Å². The minimum atomic E-state index is -0.287. The first-order chi connectivity index (χ1) is 7.17. The van der Waals surface area contributed by atoms with Crippen LogP contribution in [0.15, 0.2) is 9.47 Å². The molecule has 0 aliphatic carbocycles. The molecule has 0 N–H and O–H groups in total. The van der Waals surface area contributed by atoms with Crippen LogP contribution in [0.3, 0.4) is 0 Å². The summed E-state index contributed by atoms with van der Waals surface area (Å²) in [5.41, 5.74) is 0. The van der Waals surface area contributed by atoms with Gasteiger partial charge in [0.25, 0.3) is 0 Å². The molecule has 0 atom stereocenters. The molecule has 0 aromatic carbocycles. The van der Waals surface area contributed by atoms with Gasteiger partial charge < -0.3 is 9.47 Å². The van der Waals surface area contributed by atoms with Crippen LogP contribution in [0, 0.1) is 0 Å². The molecule has 1 aromatic heterocycles. The summed E-state index contributed by atoms with van der Waals surface area (Å²) in [5.74, 6) is 0. The zero-order chi connectivity index (χ0) is 11.3. The fraction of sp³-hybridized carbons (Fsp3) is 0.750. The van der Waals surface area contributed by atoms with Crippen LogP contribution in [0.5, 0.6) is 0 Å². The second-order valence-corrected chi connectivity index (χ2v) is 4.09. The molecule has 1 rings (SSSR count). The number of hydrogen-bond acceptors (Lipinski definition) is 4. The van der Waals surface area contributed by atoms with Gasteiger partial charge in [-0.3, -0.25) is 0 Å². The van der Waals surface area contributed by atoms with E-state index < -0.39 is 0 Å². The summed E-state index contributed by atoms with van der Waals surface area (Å²) in [6, 6.07) is 0. The third-order valence-corrected chi connectivity index (χ3v) is 2.55. The molecule has 1 aromatic rings. The predicted octanol–water partition coefficient (Wildman–Crippen LogP) is 2.20. The zero-order valence-electron chi connectivity index (χ0n) is 8.61. The van der Waals surface area contributed by atoms with Crippen LogP contribution >= 0.6 is 31.9 Å². The van der Waals surface area contributed by atoms with Crippen molar-refractivity contribution in [3.05, 3.63) is 9.47 Å². The molecule has 1 heterocycles. The number of ether oxygens (including phenoxy) is 2. The lowest BCUT2D eigenvalue weighted by Gasteiger charge is -2.16. The molecule has 15 heavy (non-hydrogen) atoms. The van der Waals surface area contributed by atoms with Crippen LogP contribution in [0.25, 0.3) is 0 Å². The van der Waals surface area contributed by atoms with Crippen LogP contribution in [-0.2, 0) is 16.0 Å². The van der Waals surface area contributed by atoms with Gasteiger partial charge in [-0.25, -0.2) is 4.68 Å². The van der Waals surface area contributed by atoms with Crippen molar-refractivity contribution in [2.75, 3.05) is 13.2 Å². The number of hydrogen-bond donors (Lipinski definition) is 0. The molecule has 0 fully saturated rings. The van der Waals surface area contributed by atoms with Gasteiger partial charge in [-0.1, -0.05) is 0 Å². The molecule has 0 saturated heterocycles. The van der Waals surface area contributed by atoms with E-state index in [0.29, 0.717) is 29.2 Å². The average Bonchev–Trinajstić information content (AvgIpc) is 2.46. The summed E-state index contributed by atoms with van der Waals surface area (Å²) in [5, 5.41) is 4.13. The van der Waals surface area contributed by atoms with Crippen molar-refractivity contribution in [3.8, 4) is 0 Å². The lowest BCUT2D eigenvalue weighted by atomic mass is 10.6. The summed E-state index contributed by atoms with van der Waals surface area (Å²) in [6.45, 7) is 5.59. The molecule has 0 bridgehead atoms. The molecule has 0 unspecified atom stereocenters. The fourth-order valence-electron chi connectivity index (χ4n) is 1.08. The van der Waals surface area contributed by atoms with E-state index in [1.54, 1.807) is 4.68 Å². The third-order valence-electron chi connectivity index (χ3n) is 1.63. The highest BCUT2D eigenvalue weighted by Crippen LogP contribution is 2.12. The zero-order valence-corrected chi connectivity index (χ0v) is 11.8. The van der Waals surface area contributed by atoms with E-state index >= 15 is 0 Å². The van der Waals surface area contributed by atoms with Crippen molar-refractivity contribution >= 4 is 31.9 Å². The molecule has 0 radical (unpaired) electrons. The van der Waals surface area contributed by atoms with E-state index in [9.17, 15) is 0 Å². The Balaban J connectivity index is 2.60. The maximum atomic E-state index is 5.40. The molecule has 0 saturated carbocycles.